The van der Waals surface area contributed by atoms with Crippen LogP contribution < -0.4 is 0 Å². The van der Waals surface area contributed by atoms with E-state index in [9.17, 15) is 14.7 Å². The minimum Gasteiger partial charge on any atom is -0.480 e. The predicted octanol–water partition coefficient (Wildman–Crippen LogP) is 3.54. The predicted molar refractivity (Wildman–Crippen MR) is 93.7 cm³/mol. The number of carbonyl (C=O) groups excluding carboxylic acids is 1. The van der Waals surface area contributed by atoms with Gasteiger partial charge in [-0.1, -0.05) is 50.3 Å². The van der Waals surface area contributed by atoms with Crippen molar-refractivity contribution in [2.75, 3.05) is 0 Å². The number of thioether (sulfide) groups is 1. The Bertz CT molecular complexity index is 664. The van der Waals surface area contributed by atoms with Crippen LogP contribution in [-0.2, 0) is 9.59 Å². The second-order valence-corrected chi connectivity index (χ2v) is 6.79. The fraction of sp³-hybridized carbons (Fsp3) is 0.312. The third kappa shape index (κ3) is 3.92. The number of carboxylic acids is 1. The molecule has 2 atom stereocenters. The molecule has 1 saturated heterocycles. The van der Waals surface area contributed by atoms with Gasteiger partial charge in [-0.3, -0.25) is 9.69 Å². The number of allylic oxidation sites excluding steroid dienone is 2. The molecule has 1 aromatic heterocycles. The Hall–Kier alpha value is -1.86. The van der Waals surface area contributed by atoms with Crippen LogP contribution in [0.4, 0.5) is 0 Å². The van der Waals surface area contributed by atoms with Crippen LogP contribution in [0.25, 0.3) is 6.08 Å². The summed E-state index contributed by atoms with van der Waals surface area (Å²) < 4.78 is 5.44. The quantitative estimate of drug-likeness (QED) is 0.624. The summed E-state index contributed by atoms with van der Waals surface area (Å²) in [5.74, 6) is -0.924. The number of furan rings is 1. The van der Waals surface area contributed by atoms with E-state index in [0.29, 0.717) is 17.1 Å². The van der Waals surface area contributed by atoms with Gasteiger partial charge in [-0.15, -0.1) is 0 Å². The number of hydrogen-bond acceptors (Lipinski definition) is 5. The smallest absolute Gasteiger partial charge is 0.327 e. The van der Waals surface area contributed by atoms with E-state index in [2.05, 4.69) is 0 Å². The van der Waals surface area contributed by atoms with Crippen LogP contribution in [0.2, 0.25) is 0 Å². The highest BCUT2D eigenvalue weighted by Crippen LogP contribution is 2.34. The van der Waals surface area contributed by atoms with Crippen LogP contribution in [0.1, 0.15) is 26.0 Å². The standard InChI is InChI=1S/C16H17NO4S2/c1-3-10(2)13(15(19)20)17-14(18)12(23-16(17)22)8-4-6-11-7-5-9-21-11/h4-10,13H,3H2,1-2H3,(H,19,20)/b6-4+,12-8-. The van der Waals surface area contributed by atoms with Crippen molar-refractivity contribution in [2.45, 2.75) is 26.3 Å². The zero-order valence-corrected chi connectivity index (χ0v) is 14.4. The van der Waals surface area contributed by atoms with Gasteiger partial charge in [0.15, 0.2) is 0 Å². The van der Waals surface area contributed by atoms with Crippen LogP contribution >= 0.6 is 24.0 Å². The van der Waals surface area contributed by atoms with Gasteiger partial charge in [-0.25, -0.2) is 4.79 Å². The Morgan fingerprint density at radius 2 is 2.30 bits per heavy atom. The summed E-state index contributed by atoms with van der Waals surface area (Å²) in [7, 11) is 0. The molecular formula is C16H17NO4S2. The molecule has 0 aromatic carbocycles. The van der Waals surface area contributed by atoms with Gasteiger partial charge in [-0.2, -0.15) is 0 Å². The summed E-state index contributed by atoms with van der Waals surface area (Å²) in [5, 5.41) is 9.45. The highest BCUT2D eigenvalue weighted by atomic mass is 32.2. The number of rotatable bonds is 6. The monoisotopic (exact) mass is 351 g/mol. The summed E-state index contributed by atoms with van der Waals surface area (Å²) in [4.78, 5) is 25.7. The maximum Gasteiger partial charge on any atom is 0.327 e. The minimum absolute atomic E-state index is 0.187. The first-order valence-corrected chi connectivity index (χ1v) is 8.38. The van der Waals surface area contributed by atoms with Crippen LogP contribution in [0.3, 0.4) is 0 Å². The molecule has 0 saturated carbocycles. The maximum absolute atomic E-state index is 12.5. The molecule has 1 aromatic rings. The average Bonchev–Trinajstić information content (AvgIpc) is 3.11. The molecule has 2 unspecified atom stereocenters. The van der Waals surface area contributed by atoms with E-state index in [1.165, 1.54) is 4.90 Å². The Kier molecular flexibility index (Phi) is 5.79. The van der Waals surface area contributed by atoms with Crippen molar-refractivity contribution in [3.8, 4) is 0 Å². The fourth-order valence-corrected chi connectivity index (χ4v) is 3.46. The van der Waals surface area contributed by atoms with Gasteiger partial charge in [0.25, 0.3) is 5.91 Å². The molecule has 2 heterocycles. The van der Waals surface area contributed by atoms with Crippen molar-refractivity contribution in [2.24, 2.45) is 5.92 Å². The number of carboxylic acid groups (broad SMARTS) is 1. The molecule has 1 aliphatic heterocycles. The molecule has 5 nitrogen and oxygen atoms in total. The lowest BCUT2D eigenvalue weighted by Gasteiger charge is -2.27. The van der Waals surface area contributed by atoms with Crippen molar-refractivity contribution >= 4 is 46.3 Å². The summed E-state index contributed by atoms with van der Waals surface area (Å²) in [6.07, 6.45) is 7.23. The van der Waals surface area contributed by atoms with Crippen LogP contribution in [0, 0.1) is 5.92 Å². The average molecular weight is 351 g/mol. The Labute approximate surface area is 144 Å². The number of carbonyl (C=O) groups is 2. The lowest BCUT2D eigenvalue weighted by Crippen LogP contribution is -2.47. The van der Waals surface area contributed by atoms with E-state index in [1.807, 2.05) is 6.92 Å². The maximum atomic E-state index is 12.5. The van der Waals surface area contributed by atoms with Crippen molar-refractivity contribution in [3.05, 3.63) is 41.2 Å². The fourth-order valence-electron chi connectivity index (χ4n) is 2.18. The van der Waals surface area contributed by atoms with Gasteiger partial charge >= 0.3 is 5.97 Å². The molecule has 0 radical (unpaired) electrons. The molecule has 1 N–H and O–H groups in total. The van der Waals surface area contributed by atoms with Gasteiger partial charge in [-0.05, 0) is 30.2 Å². The third-order valence-electron chi connectivity index (χ3n) is 3.59. The van der Waals surface area contributed by atoms with Gasteiger partial charge in [0.1, 0.15) is 16.1 Å². The minimum atomic E-state index is -1.04. The Balaban J connectivity index is 2.20. The van der Waals surface area contributed by atoms with E-state index < -0.39 is 12.0 Å². The Morgan fingerprint density at radius 1 is 1.57 bits per heavy atom. The molecule has 1 amide bonds. The SMILES string of the molecule is CCC(C)C(C(=O)O)N1C(=O)/C(=C/C=C/c2ccco2)SC1=S. The Morgan fingerprint density at radius 3 is 2.87 bits per heavy atom. The third-order valence-corrected chi connectivity index (χ3v) is 4.94. The molecule has 0 bridgehead atoms. The van der Waals surface area contributed by atoms with Crippen LogP contribution in [-0.4, -0.2) is 32.2 Å². The van der Waals surface area contributed by atoms with E-state index >= 15 is 0 Å². The molecule has 2 rings (SSSR count). The summed E-state index contributed by atoms with van der Waals surface area (Å²) in [6.45, 7) is 3.69. The van der Waals surface area contributed by atoms with Crippen molar-refractivity contribution in [3.63, 3.8) is 0 Å². The van der Waals surface area contributed by atoms with E-state index in [4.69, 9.17) is 16.6 Å². The number of hydrogen-bond donors (Lipinski definition) is 1. The van der Waals surface area contributed by atoms with E-state index in [-0.39, 0.29) is 16.1 Å². The molecule has 7 heteroatoms. The molecular weight excluding hydrogens is 334 g/mol. The number of aliphatic carboxylic acids is 1. The first-order valence-electron chi connectivity index (χ1n) is 7.15. The number of thiocarbonyl (C=S) groups is 1. The molecule has 23 heavy (non-hydrogen) atoms. The number of amides is 1. The molecule has 122 valence electrons. The van der Waals surface area contributed by atoms with Gasteiger partial charge in [0.05, 0.1) is 11.2 Å². The van der Waals surface area contributed by atoms with Crippen LogP contribution in [0.5, 0.6) is 0 Å². The zero-order chi connectivity index (χ0) is 17.0. The molecule has 1 aliphatic rings. The van der Waals surface area contributed by atoms with Crippen molar-refractivity contribution in [1.29, 1.82) is 0 Å². The normalized spacial score (nSPS) is 19.7. The van der Waals surface area contributed by atoms with Gasteiger partial charge in [0, 0.05) is 0 Å². The molecule has 0 spiro atoms. The topological polar surface area (TPSA) is 70.8 Å². The summed E-state index contributed by atoms with van der Waals surface area (Å²) in [6, 6.07) is 2.62. The van der Waals surface area contributed by atoms with E-state index in [1.54, 1.807) is 43.5 Å². The van der Waals surface area contributed by atoms with Crippen molar-refractivity contribution < 1.29 is 19.1 Å². The second-order valence-electron chi connectivity index (χ2n) is 5.12. The van der Waals surface area contributed by atoms with Gasteiger partial charge in [0.2, 0.25) is 0 Å². The van der Waals surface area contributed by atoms with Crippen LogP contribution in [0.15, 0.2) is 39.9 Å². The number of nitrogens with zero attached hydrogens (tertiary/aromatic N) is 1. The second kappa shape index (κ2) is 7.61. The summed E-state index contributed by atoms with van der Waals surface area (Å²) in [5.41, 5.74) is 0. The lowest BCUT2D eigenvalue weighted by molar-refractivity contribution is -0.147. The first kappa shape index (κ1) is 17.5. The van der Waals surface area contributed by atoms with Crippen molar-refractivity contribution in [1.82, 2.24) is 4.90 Å². The highest BCUT2D eigenvalue weighted by Gasteiger charge is 2.42. The zero-order valence-electron chi connectivity index (χ0n) is 12.8. The molecule has 1 fully saturated rings. The lowest BCUT2D eigenvalue weighted by atomic mass is 9.98. The van der Waals surface area contributed by atoms with Gasteiger partial charge < -0.3 is 9.52 Å². The summed E-state index contributed by atoms with van der Waals surface area (Å²) >= 11 is 6.33. The highest BCUT2D eigenvalue weighted by molar-refractivity contribution is 8.26. The van der Waals surface area contributed by atoms with E-state index in [0.717, 1.165) is 11.8 Å². The first-order chi connectivity index (χ1) is 11.0. The largest absolute Gasteiger partial charge is 0.480 e. The molecule has 0 aliphatic carbocycles.